The standard InChI is InChI=1S/C9H10FNO/c10-9(12)8(11)6-7-4-2-1-3-5-7/h1-5,8H,6,11H2. The van der Waals surface area contributed by atoms with E-state index in [9.17, 15) is 9.18 Å². The summed E-state index contributed by atoms with van der Waals surface area (Å²) >= 11 is 0. The third kappa shape index (κ3) is 2.43. The van der Waals surface area contributed by atoms with Crippen molar-refractivity contribution in [1.29, 1.82) is 0 Å². The SMILES string of the molecule is NC(Cc1ccccc1)C(=O)F. The summed E-state index contributed by atoms with van der Waals surface area (Å²) in [5, 5.41) is 0. The average molecular weight is 167 g/mol. The molecule has 0 saturated heterocycles. The van der Waals surface area contributed by atoms with Gasteiger partial charge in [-0.05, 0) is 12.0 Å². The lowest BCUT2D eigenvalue weighted by Crippen LogP contribution is -2.29. The van der Waals surface area contributed by atoms with Crippen LogP contribution in [0.15, 0.2) is 30.3 Å². The molecule has 1 aromatic carbocycles. The Morgan fingerprint density at radius 1 is 1.42 bits per heavy atom. The smallest absolute Gasteiger partial charge is 0.318 e. The molecule has 12 heavy (non-hydrogen) atoms. The molecule has 2 N–H and O–H groups in total. The van der Waals surface area contributed by atoms with Gasteiger partial charge in [0.1, 0.15) is 6.04 Å². The number of rotatable bonds is 3. The minimum atomic E-state index is -1.46. The molecule has 2 nitrogen and oxygen atoms in total. The molecule has 0 aromatic heterocycles. The molecule has 0 saturated carbocycles. The molecular formula is C9H10FNO. The van der Waals surface area contributed by atoms with Gasteiger partial charge in [0.05, 0.1) is 0 Å². The first kappa shape index (κ1) is 8.87. The first-order chi connectivity index (χ1) is 5.70. The number of carbonyl (C=O) groups excluding carboxylic acids is 1. The Hall–Kier alpha value is -1.22. The lowest BCUT2D eigenvalue weighted by atomic mass is 10.1. The molecule has 1 aromatic rings. The lowest BCUT2D eigenvalue weighted by Gasteiger charge is -2.03. The molecule has 64 valence electrons. The van der Waals surface area contributed by atoms with E-state index in [1.165, 1.54) is 0 Å². The highest BCUT2D eigenvalue weighted by molar-refractivity contribution is 5.74. The molecule has 0 aliphatic rings. The maximum absolute atomic E-state index is 12.0. The van der Waals surface area contributed by atoms with E-state index < -0.39 is 12.1 Å². The highest BCUT2D eigenvalue weighted by Gasteiger charge is 2.11. The fourth-order valence-corrected chi connectivity index (χ4v) is 0.948. The minimum absolute atomic E-state index is 0.260. The summed E-state index contributed by atoms with van der Waals surface area (Å²) in [4.78, 5) is 10.2. The van der Waals surface area contributed by atoms with Crippen LogP contribution in [0.5, 0.6) is 0 Å². The maximum Gasteiger partial charge on any atom is 0.318 e. The van der Waals surface area contributed by atoms with Gasteiger partial charge in [0.15, 0.2) is 0 Å². The normalized spacial score (nSPS) is 12.5. The van der Waals surface area contributed by atoms with Crippen molar-refractivity contribution in [2.45, 2.75) is 12.5 Å². The van der Waals surface area contributed by atoms with Gasteiger partial charge in [-0.25, -0.2) is 0 Å². The quantitative estimate of drug-likeness (QED) is 0.684. The highest BCUT2D eigenvalue weighted by atomic mass is 19.1. The fourth-order valence-electron chi connectivity index (χ4n) is 0.948. The van der Waals surface area contributed by atoms with Crippen LogP contribution in [-0.4, -0.2) is 12.1 Å². The Morgan fingerprint density at radius 2 is 2.00 bits per heavy atom. The fraction of sp³-hybridized carbons (Fsp3) is 0.222. The maximum atomic E-state index is 12.0. The Kier molecular flexibility index (Phi) is 2.94. The van der Waals surface area contributed by atoms with Crippen molar-refractivity contribution in [1.82, 2.24) is 0 Å². The van der Waals surface area contributed by atoms with Gasteiger partial charge in [-0.15, -0.1) is 0 Å². The summed E-state index contributed by atoms with van der Waals surface area (Å²) in [5.41, 5.74) is 6.10. The van der Waals surface area contributed by atoms with E-state index in [-0.39, 0.29) is 6.42 Å². The van der Waals surface area contributed by atoms with E-state index in [1.807, 2.05) is 30.3 Å². The summed E-state index contributed by atoms with van der Waals surface area (Å²) in [7, 11) is 0. The van der Waals surface area contributed by atoms with Gasteiger partial charge in [-0.1, -0.05) is 30.3 Å². The van der Waals surface area contributed by atoms with Gasteiger partial charge < -0.3 is 5.73 Å². The van der Waals surface area contributed by atoms with Gasteiger partial charge in [0.2, 0.25) is 0 Å². The molecule has 0 radical (unpaired) electrons. The van der Waals surface area contributed by atoms with Crippen molar-refractivity contribution in [2.75, 3.05) is 0 Å². The van der Waals surface area contributed by atoms with Crippen molar-refractivity contribution in [3.05, 3.63) is 35.9 Å². The Bertz CT molecular complexity index is 260. The molecule has 3 heteroatoms. The van der Waals surface area contributed by atoms with Crippen LogP contribution in [0.1, 0.15) is 5.56 Å². The number of hydrogen-bond donors (Lipinski definition) is 1. The van der Waals surface area contributed by atoms with Crippen molar-refractivity contribution in [3.63, 3.8) is 0 Å². The molecule has 1 atom stereocenters. The Balaban J connectivity index is 2.58. The van der Waals surface area contributed by atoms with Crippen LogP contribution < -0.4 is 5.73 Å². The van der Waals surface area contributed by atoms with E-state index in [2.05, 4.69) is 0 Å². The van der Waals surface area contributed by atoms with Crippen molar-refractivity contribution in [2.24, 2.45) is 5.73 Å². The van der Waals surface area contributed by atoms with Crippen LogP contribution in [0.25, 0.3) is 0 Å². The molecule has 1 rings (SSSR count). The number of hydrogen-bond acceptors (Lipinski definition) is 2. The van der Waals surface area contributed by atoms with E-state index in [0.29, 0.717) is 0 Å². The first-order valence-electron chi connectivity index (χ1n) is 3.69. The molecule has 0 heterocycles. The van der Waals surface area contributed by atoms with Gasteiger partial charge in [0, 0.05) is 0 Å². The van der Waals surface area contributed by atoms with Crippen molar-refractivity contribution in [3.8, 4) is 0 Å². The zero-order valence-corrected chi connectivity index (χ0v) is 6.53. The summed E-state index contributed by atoms with van der Waals surface area (Å²) in [6, 6.07) is 6.64. The van der Waals surface area contributed by atoms with E-state index >= 15 is 0 Å². The largest absolute Gasteiger partial charge is 0.319 e. The zero-order chi connectivity index (χ0) is 8.97. The summed E-state index contributed by atoms with van der Waals surface area (Å²) < 4.78 is 12.0. The first-order valence-corrected chi connectivity index (χ1v) is 3.69. The van der Waals surface area contributed by atoms with Crippen LogP contribution in [-0.2, 0) is 11.2 Å². The third-order valence-electron chi connectivity index (χ3n) is 1.59. The summed E-state index contributed by atoms with van der Waals surface area (Å²) in [5.74, 6) is 0. The van der Waals surface area contributed by atoms with Crippen molar-refractivity contribution >= 4 is 6.04 Å². The van der Waals surface area contributed by atoms with Crippen molar-refractivity contribution < 1.29 is 9.18 Å². The number of benzene rings is 1. The lowest BCUT2D eigenvalue weighted by molar-refractivity contribution is -0.130. The van der Waals surface area contributed by atoms with Crippen LogP contribution in [0.2, 0.25) is 0 Å². The molecule has 0 fully saturated rings. The van der Waals surface area contributed by atoms with Crippen LogP contribution >= 0.6 is 0 Å². The van der Waals surface area contributed by atoms with Gasteiger partial charge >= 0.3 is 6.04 Å². The minimum Gasteiger partial charge on any atom is -0.319 e. The predicted octanol–water partition coefficient (Wildman–Crippen LogP) is 1.05. The predicted molar refractivity (Wildman–Crippen MR) is 44.2 cm³/mol. The number of nitrogens with two attached hydrogens (primary N) is 1. The molecule has 1 unspecified atom stereocenters. The second-order valence-electron chi connectivity index (χ2n) is 2.60. The number of carbonyl (C=O) groups is 1. The molecule has 0 amide bonds. The molecule has 0 aliphatic heterocycles. The van der Waals surface area contributed by atoms with Gasteiger partial charge in [-0.2, -0.15) is 4.39 Å². The highest BCUT2D eigenvalue weighted by Crippen LogP contribution is 2.02. The van der Waals surface area contributed by atoms with E-state index in [4.69, 9.17) is 5.73 Å². The number of halogens is 1. The Morgan fingerprint density at radius 3 is 2.50 bits per heavy atom. The summed E-state index contributed by atoms with van der Waals surface area (Å²) in [6.07, 6.45) is 0.260. The third-order valence-corrected chi connectivity index (χ3v) is 1.59. The summed E-state index contributed by atoms with van der Waals surface area (Å²) in [6.45, 7) is 0. The van der Waals surface area contributed by atoms with Crippen LogP contribution in [0.4, 0.5) is 4.39 Å². The molecule has 0 bridgehead atoms. The average Bonchev–Trinajstić information content (AvgIpc) is 2.06. The molecule has 0 spiro atoms. The topological polar surface area (TPSA) is 43.1 Å². The van der Waals surface area contributed by atoms with Crippen LogP contribution in [0, 0.1) is 0 Å². The van der Waals surface area contributed by atoms with Crippen LogP contribution in [0.3, 0.4) is 0 Å². The second-order valence-corrected chi connectivity index (χ2v) is 2.60. The molecular weight excluding hydrogens is 157 g/mol. The molecule has 0 aliphatic carbocycles. The van der Waals surface area contributed by atoms with E-state index in [0.717, 1.165) is 5.56 Å². The Labute approximate surface area is 70.2 Å². The van der Waals surface area contributed by atoms with Gasteiger partial charge in [0.25, 0.3) is 0 Å². The second kappa shape index (κ2) is 3.97. The zero-order valence-electron chi connectivity index (χ0n) is 6.53. The monoisotopic (exact) mass is 167 g/mol. The van der Waals surface area contributed by atoms with Gasteiger partial charge in [-0.3, -0.25) is 4.79 Å². The van der Waals surface area contributed by atoms with E-state index in [1.54, 1.807) is 0 Å².